The third kappa shape index (κ3) is 3.73. The largest absolute Gasteiger partial charge is 0.340 e. The molecule has 1 heterocycles. The number of carbonyl (C=O) groups is 1. The van der Waals surface area contributed by atoms with Crippen molar-refractivity contribution in [1.29, 1.82) is 0 Å². The zero-order valence-corrected chi connectivity index (χ0v) is 17.0. The Morgan fingerprint density at radius 2 is 1.85 bits per heavy atom. The molecule has 0 radical (unpaired) electrons. The van der Waals surface area contributed by atoms with Crippen LogP contribution in [0.15, 0.2) is 42.5 Å². The minimum Gasteiger partial charge on any atom is -0.340 e. The van der Waals surface area contributed by atoms with Crippen LogP contribution in [0.1, 0.15) is 35.6 Å². The number of hydrogen-bond donors (Lipinski definition) is 0. The fourth-order valence-corrected chi connectivity index (χ4v) is 4.82. The van der Waals surface area contributed by atoms with Crippen LogP contribution >= 0.6 is 23.2 Å². The molecule has 142 valence electrons. The number of hydrogen-bond acceptors (Lipinski definition) is 2. The van der Waals surface area contributed by atoms with E-state index >= 15 is 0 Å². The summed E-state index contributed by atoms with van der Waals surface area (Å²) in [6.45, 7) is 2.23. The number of benzene rings is 2. The highest BCUT2D eigenvalue weighted by atomic mass is 35.5. The molecule has 1 saturated heterocycles. The number of amides is 1. The highest BCUT2D eigenvalue weighted by Gasteiger charge is 2.40. The summed E-state index contributed by atoms with van der Waals surface area (Å²) in [7, 11) is 1.94. The number of likely N-dealkylation sites (tertiary alicyclic amines) is 1. The first-order chi connectivity index (χ1) is 13.0. The van der Waals surface area contributed by atoms with Gasteiger partial charge in [-0.3, -0.25) is 9.69 Å². The summed E-state index contributed by atoms with van der Waals surface area (Å²) in [5.74, 6) is 0.121. The van der Waals surface area contributed by atoms with E-state index < -0.39 is 0 Å². The first kappa shape index (κ1) is 18.8. The Bertz CT molecular complexity index is 848. The number of fused-ring (bicyclic) bond motifs is 1. The number of rotatable bonds is 4. The molecule has 1 aliphatic heterocycles. The van der Waals surface area contributed by atoms with E-state index in [1.54, 1.807) is 12.1 Å². The lowest BCUT2D eigenvalue weighted by molar-refractivity contribution is -0.132. The van der Waals surface area contributed by atoms with Gasteiger partial charge in [0.2, 0.25) is 5.91 Å². The molecule has 2 aromatic rings. The standard InChI is InChI=1S/C22H24Cl2N2O/c1-25(21(27)13-15-8-9-18(23)19(24)12-15)20-14-16-6-2-3-7-17(16)22(20)26-10-4-5-11-26/h2-3,6-9,12,20,22H,4-5,10-11,13-14H2,1H3. The molecule has 0 saturated carbocycles. The topological polar surface area (TPSA) is 23.6 Å². The van der Waals surface area contributed by atoms with Crippen molar-refractivity contribution in [3.8, 4) is 0 Å². The van der Waals surface area contributed by atoms with Crippen molar-refractivity contribution in [1.82, 2.24) is 9.80 Å². The van der Waals surface area contributed by atoms with Crippen LogP contribution in [-0.2, 0) is 17.6 Å². The summed E-state index contributed by atoms with van der Waals surface area (Å²) < 4.78 is 0. The van der Waals surface area contributed by atoms with Crippen molar-refractivity contribution < 1.29 is 4.79 Å². The van der Waals surface area contributed by atoms with Gasteiger partial charge in [0.25, 0.3) is 0 Å². The summed E-state index contributed by atoms with van der Waals surface area (Å²) >= 11 is 12.1. The molecule has 2 atom stereocenters. The predicted molar refractivity (Wildman–Crippen MR) is 110 cm³/mol. The molecular formula is C22H24Cl2N2O. The molecule has 2 aliphatic rings. The van der Waals surface area contributed by atoms with E-state index in [4.69, 9.17) is 23.2 Å². The SMILES string of the molecule is CN(C(=O)Cc1ccc(Cl)c(Cl)c1)C1Cc2ccccc2C1N1CCCC1. The molecule has 2 unspecified atom stereocenters. The molecule has 1 amide bonds. The quantitative estimate of drug-likeness (QED) is 0.735. The van der Waals surface area contributed by atoms with Crippen LogP contribution in [-0.4, -0.2) is 41.9 Å². The predicted octanol–water partition coefficient (Wildman–Crippen LogP) is 4.76. The van der Waals surface area contributed by atoms with Gasteiger partial charge in [-0.25, -0.2) is 0 Å². The van der Waals surface area contributed by atoms with Gasteiger partial charge in [0, 0.05) is 7.05 Å². The maximum atomic E-state index is 13.0. The molecule has 2 aromatic carbocycles. The lowest BCUT2D eigenvalue weighted by Gasteiger charge is -2.35. The summed E-state index contributed by atoms with van der Waals surface area (Å²) in [4.78, 5) is 17.5. The van der Waals surface area contributed by atoms with Crippen LogP contribution in [0.4, 0.5) is 0 Å². The highest BCUT2D eigenvalue weighted by molar-refractivity contribution is 6.42. The zero-order chi connectivity index (χ0) is 19.0. The minimum atomic E-state index is 0.121. The number of halogens is 2. The number of likely N-dealkylation sites (N-methyl/N-ethyl adjacent to an activating group) is 1. The van der Waals surface area contributed by atoms with Crippen molar-refractivity contribution in [2.75, 3.05) is 20.1 Å². The smallest absolute Gasteiger partial charge is 0.227 e. The van der Waals surface area contributed by atoms with E-state index in [0.717, 1.165) is 25.1 Å². The fraction of sp³-hybridized carbons (Fsp3) is 0.409. The molecule has 5 heteroatoms. The van der Waals surface area contributed by atoms with E-state index in [2.05, 4.69) is 29.2 Å². The Morgan fingerprint density at radius 3 is 2.59 bits per heavy atom. The van der Waals surface area contributed by atoms with E-state index in [-0.39, 0.29) is 11.9 Å². The minimum absolute atomic E-state index is 0.121. The average Bonchev–Trinajstić information content (AvgIpc) is 3.31. The van der Waals surface area contributed by atoms with E-state index in [1.807, 2.05) is 18.0 Å². The second-order valence-corrected chi connectivity index (χ2v) is 8.40. The molecule has 0 N–H and O–H groups in total. The maximum absolute atomic E-state index is 13.0. The molecule has 1 aliphatic carbocycles. The van der Waals surface area contributed by atoms with Gasteiger partial charge in [-0.1, -0.05) is 53.5 Å². The molecule has 0 spiro atoms. The second kappa shape index (κ2) is 7.83. The Kier molecular flexibility index (Phi) is 5.45. The summed E-state index contributed by atoms with van der Waals surface area (Å²) in [6, 6.07) is 14.5. The van der Waals surface area contributed by atoms with Crippen molar-refractivity contribution in [3.05, 3.63) is 69.2 Å². The van der Waals surface area contributed by atoms with Crippen LogP contribution in [0.25, 0.3) is 0 Å². The van der Waals surface area contributed by atoms with Gasteiger partial charge in [-0.15, -0.1) is 0 Å². The first-order valence-electron chi connectivity index (χ1n) is 9.56. The van der Waals surface area contributed by atoms with Gasteiger partial charge in [0.1, 0.15) is 0 Å². The second-order valence-electron chi connectivity index (χ2n) is 7.59. The summed E-state index contributed by atoms with van der Waals surface area (Å²) in [5.41, 5.74) is 3.65. The average molecular weight is 403 g/mol. The van der Waals surface area contributed by atoms with Gasteiger partial charge in [0.15, 0.2) is 0 Å². The molecule has 3 nitrogen and oxygen atoms in total. The molecule has 4 rings (SSSR count). The molecule has 27 heavy (non-hydrogen) atoms. The zero-order valence-electron chi connectivity index (χ0n) is 15.5. The number of carbonyl (C=O) groups excluding carboxylic acids is 1. The van der Waals surface area contributed by atoms with Gasteiger partial charge in [0.05, 0.1) is 28.5 Å². The Hall–Kier alpha value is -1.55. The Balaban J connectivity index is 1.55. The summed E-state index contributed by atoms with van der Waals surface area (Å²) in [6.07, 6.45) is 3.74. The van der Waals surface area contributed by atoms with Crippen LogP contribution in [0.3, 0.4) is 0 Å². The van der Waals surface area contributed by atoms with Gasteiger partial charge >= 0.3 is 0 Å². The van der Waals surface area contributed by atoms with Gasteiger partial charge < -0.3 is 4.90 Å². The van der Waals surface area contributed by atoms with E-state index in [0.29, 0.717) is 22.5 Å². The third-order valence-corrected chi connectivity index (χ3v) is 6.67. The van der Waals surface area contributed by atoms with Gasteiger partial charge in [-0.2, -0.15) is 0 Å². The molecule has 0 bridgehead atoms. The molecule has 0 aromatic heterocycles. The van der Waals surface area contributed by atoms with E-state index in [1.165, 1.54) is 24.0 Å². The third-order valence-electron chi connectivity index (χ3n) is 5.93. The Morgan fingerprint density at radius 1 is 1.11 bits per heavy atom. The molecule has 1 fully saturated rings. The maximum Gasteiger partial charge on any atom is 0.227 e. The highest BCUT2D eigenvalue weighted by Crippen LogP contribution is 2.40. The summed E-state index contributed by atoms with van der Waals surface area (Å²) in [5, 5.41) is 1.01. The van der Waals surface area contributed by atoms with Gasteiger partial charge in [-0.05, 0) is 61.2 Å². The lowest BCUT2D eigenvalue weighted by Crippen LogP contribution is -2.45. The lowest BCUT2D eigenvalue weighted by atomic mass is 10.0. The normalized spacial score (nSPS) is 22.0. The van der Waals surface area contributed by atoms with E-state index in [9.17, 15) is 4.79 Å². The number of nitrogens with zero attached hydrogens (tertiary/aromatic N) is 2. The van der Waals surface area contributed by atoms with Crippen molar-refractivity contribution in [3.63, 3.8) is 0 Å². The first-order valence-corrected chi connectivity index (χ1v) is 10.3. The van der Waals surface area contributed by atoms with Crippen LogP contribution in [0.5, 0.6) is 0 Å². The van der Waals surface area contributed by atoms with Crippen LogP contribution < -0.4 is 0 Å². The Labute approximate surface area is 170 Å². The van der Waals surface area contributed by atoms with Crippen LogP contribution in [0, 0.1) is 0 Å². The monoisotopic (exact) mass is 402 g/mol. The van der Waals surface area contributed by atoms with Crippen LogP contribution in [0.2, 0.25) is 10.0 Å². The van der Waals surface area contributed by atoms with Crippen molar-refractivity contribution in [2.45, 2.75) is 37.8 Å². The molecular weight excluding hydrogens is 379 g/mol. The van der Waals surface area contributed by atoms with Crippen molar-refractivity contribution >= 4 is 29.1 Å². The fourth-order valence-electron chi connectivity index (χ4n) is 4.50. The van der Waals surface area contributed by atoms with Crippen molar-refractivity contribution in [2.24, 2.45) is 0 Å².